The number of aryl methyl sites for hydroxylation is 1. The van der Waals surface area contributed by atoms with E-state index in [4.69, 9.17) is 4.42 Å². The number of amides is 2. The minimum absolute atomic E-state index is 0.0185. The molecule has 3 heterocycles. The summed E-state index contributed by atoms with van der Waals surface area (Å²) >= 11 is 1.56. The molecular formula is C22H24N4O3S. The minimum Gasteiger partial charge on any atom is -0.421 e. The number of hydrogen-bond donors (Lipinski definition) is 1. The molecule has 1 saturated heterocycles. The number of aromatic nitrogens is 2. The van der Waals surface area contributed by atoms with Crippen molar-refractivity contribution in [2.75, 3.05) is 13.1 Å². The molecule has 7 nitrogen and oxygen atoms in total. The molecule has 0 saturated carbocycles. The molecule has 0 bridgehead atoms. The Morgan fingerprint density at radius 1 is 1.20 bits per heavy atom. The fraction of sp³-hybridized carbons (Fsp3) is 0.364. The second-order valence-corrected chi connectivity index (χ2v) is 8.20. The lowest BCUT2D eigenvalue weighted by molar-refractivity contribution is -0.133. The third kappa shape index (κ3) is 5.33. The molecule has 2 amide bonds. The van der Waals surface area contributed by atoms with Gasteiger partial charge in [-0.2, -0.15) is 11.3 Å². The summed E-state index contributed by atoms with van der Waals surface area (Å²) in [6, 6.07) is 11.6. The first-order valence-electron chi connectivity index (χ1n) is 10.1. The maximum Gasteiger partial charge on any atom is 0.248 e. The van der Waals surface area contributed by atoms with Crippen molar-refractivity contribution in [3.8, 4) is 11.5 Å². The van der Waals surface area contributed by atoms with Gasteiger partial charge in [0.05, 0.1) is 6.42 Å². The maximum atomic E-state index is 12.6. The van der Waals surface area contributed by atoms with Crippen LogP contribution in [0.5, 0.6) is 0 Å². The molecule has 1 fully saturated rings. The molecule has 8 heteroatoms. The number of benzene rings is 1. The van der Waals surface area contributed by atoms with Gasteiger partial charge in [0.15, 0.2) is 0 Å². The fourth-order valence-electron chi connectivity index (χ4n) is 3.58. The zero-order valence-corrected chi connectivity index (χ0v) is 17.4. The van der Waals surface area contributed by atoms with Crippen molar-refractivity contribution >= 4 is 23.2 Å². The van der Waals surface area contributed by atoms with Gasteiger partial charge in [0.1, 0.15) is 0 Å². The van der Waals surface area contributed by atoms with Crippen LogP contribution in [0.15, 0.2) is 51.6 Å². The Labute approximate surface area is 179 Å². The van der Waals surface area contributed by atoms with Crippen LogP contribution in [0.1, 0.15) is 30.7 Å². The Bertz CT molecular complexity index is 971. The molecule has 0 aliphatic carbocycles. The predicted molar refractivity (Wildman–Crippen MR) is 114 cm³/mol. The number of thiophene rings is 1. The van der Waals surface area contributed by atoms with E-state index in [0.717, 1.165) is 30.5 Å². The molecule has 1 aliphatic rings. The Morgan fingerprint density at radius 3 is 2.87 bits per heavy atom. The third-order valence-corrected chi connectivity index (χ3v) is 5.82. The molecule has 156 valence electrons. The van der Waals surface area contributed by atoms with E-state index in [-0.39, 0.29) is 24.3 Å². The molecule has 3 aromatic rings. The number of hydrogen-bond acceptors (Lipinski definition) is 6. The highest BCUT2D eigenvalue weighted by Gasteiger charge is 2.25. The number of rotatable bonds is 7. The average molecular weight is 425 g/mol. The fourth-order valence-corrected chi connectivity index (χ4v) is 4.21. The number of nitrogens with one attached hydrogen (secondary N) is 1. The SMILES string of the molecule is O=C(CCc1nnc(-c2ccsc2)o1)N[C@@H]1CCCN(C(=O)Cc2ccccc2)C1. The van der Waals surface area contributed by atoms with Crippen LogP contribution in [0.2, 0.25) is 0 Å². The van der Waals surface area contributed by atoms with Gasteiger partial charge in [-0.15, -0.1) is 10.2 Å². The number of carbonyl (C=O) groups is 2. The van der Waals surface area contributed by atoms with Gasteiger partial charge in [0, 0.05) is 42.9 Å². The van der Waals surface area contributed by atoms with Crippen molar-refractivity contribution in [2.24, 2.45) is 0 Å². The van der Waals surface area contributed by atoms with Crippen LogP contribution in [0.25, 0.3) is 11.5 Å². The van der Waals surface area contributed by atoms with E-state index in [1.807, 2.05) is 52.1 Å². The highest BCUT2D eigenvalue weighted by atomic mass is 32.1. The minimum atomic E-state index is -0.0624. The third-order valence-electron chi connectivity index (χ3n) is 5.14. The van der Waals surface area contributed by atoms with Gasteiger partial charge < -0.3 is 14.6 Å². The van der Waals surface area contributed by atoms with Gasteiger partial charge in [0.2, 0.25) is 23.6 Å². The number of carbonyl (C=O) groups excluding carboxylic acids is 2. The first kappa shape index (κ1) is 20.3. The monoisotopic (exact) mass is 424 g/mol. The molecule has 0 spiro atoms. The standard InChI is InChI=1S/C22H24N4O3S/c27-19(8-9-20-24-25-22(29-20)17-10-12-30-15-17)23-18-7-4-11-26(14-18)21(28)13-16-5-2-1-3-6-16/h1-3,5-6,10,12,15,18H,4,7-9,11,13-14H2,(H,23,27)/t18-/m1/s1. The highest BCUT2D eigenvalue weighted by Crippen LogP contribution is 2.21. The number of likely N-dealkylation sites (tertiary alicyclic amines) is 1. The van der Waals surface area contributed by atoms with Crippen LogP contribution >= 0.6 is 11.3 Å². The molecule has 30 heavy (non-hydrogen) atoms. The maximum absolute atomic E-state index is 12.6. The van der Waals surface area contributed by atoms with Crippen molar-refractivity contribution in [1.29, 1.82) is 0 Å². The Hall–Kier alpha value is -3.00. The largest absolute Gasteiger partial charge is 0.421 e. The molecule has 1 aromatic carbocycles. The Balaban J connectivity index is 1.23. The molecule has 1 N–H and O–H groups in total. The molecule has 0 unspecified atom stereocenters. The van der Waals surface area contributed by atoms with Crippen LogP contribution in [0.3, 0.4) is 0 Å². The van der Waals surface area contributed by atoms with Crippen LogP contribution in [0.4, 0.5) is 0 Å². The van der Waals surface area contributed by atoms with E-state index in [1.54, 1.807) is 11.3 Å². The zero-order valence-electron chi connectivity index (χ0n) is 16.6. The van der Waals surface area contributed by atoms with Crippen molar-refractivity contribution in [2.45, 2.75) is 38.1 Å². The summed E-state index contributed by atoms with van der Waals surface area (Å²) in [6.07, 6.45) is 2.83. The zero-order chi connectivity index (χ0) is 20.8. The average Bonchev–Trinajstić information content (AvgIpc) is 3.45. The first-order valence-corrected chi connectivity index (χ1v) is 11.1. The van der Waals surface area contributed by atoms with Crippen LogP contribution in [0, 0.1) is 0 Å². The van der Waals surface area contributed by atoms with Crippen LogP contribution in [-0.4, -0.2) is 46.0 Å². The van der Waals surface area contributed by atoms with Crippen molar-refractivity contribution < 1.29 is 14.0 Å². The topological polar surface area (TPSA) is 88.3 Å². The smallest absolute Gasteiger partial charge is 0.248 e. The summed E-state index contributed by atoms with van der Waals surface area (Å²) in [5.74, 6) is 0.973. The summed E-state index contributed by atoms with van der Waals surface area (Å²) in [6.45, 7) is 1.30. The normalized spacial score (nSPS) is 16.4. The molecule has 2 aromatic heterocycles. The van der Waals surface area contributed by atoms with Gasteiger partial charge in [-0.3, -0.25) is 9.59 Å². The van der Waals surface area contributed by atoms with Crippen LogP contribution in [-0.2, 0) is 22.4 Å². The van der Waals surface area contributed by atoms with E-state index >= 15 is 0 Å². The van der Waals surface area contributed by atoms with E-state index in [0.29, 0.717) is 31.2 Å². The van der Waals surface area contributed by atoms with Gasteiger partial charge >= 0.3 is 0 Å². The summed E-state index contributed by atoms with van der Waals surface area (Å²) in [5.41, 5.74) is 1.90. The van der Waals surface area contributed by atoms with E-state index in [2.05, 4.69) is 15.5 Å². The van der Waals surface area contributed by atoms with E-state index in [9.17, 15) is 9.59 Å². The van der Waals surface area contributed by atoms with Gasteiger partial charge in [0.25, 0.3) is 0 Å². The number of nitrogens with zero attached hydrogens (tertiary/aromatic N) is 3. The molecular weight excluding hydrogens is 400 g/mol. The Kier molecular flexibility index (Phi) is 6.53. The van der Waals surface area contributed by atoms with Gasteiger partial charge in [-0.1, -0.05) is 30.3 Å². The molecule has 1 atom stereocenters. The second-order valence-electron chi connectivity index (χ2n) is 7.42. The summed E-state index contributed by atoms with van der Waals surface area (Å²) in [5, 5.41) is 15.0. The predicted octanol–water partition coefficient (Wildman–Crippen LogP) is 3.08. The lowest BCUT2D eigenvalue weighted by atomic mass is 10.0. The molecule has 1 aliphatic heterocycles. The van der Waals surface area contributed by atoms with Gasteiger partial charge in [-0.25, -0.2) is 0 Å². The lowest BCUT2D eigenvalue weighted by Crippen LogP contribution is -2.50. The second kappa shape index (κ2) is 9.67. The highest BCUT2D eigenvalue weighted by molar-refractivity contribution is 7.08. The Morgan fingerprint density at radius 2 is 2.07 bits per heavy atom. The lowest BCUT2D eigenvalue weighted by Gasteiger charge is -2.33. The summed E-state index contributed by atoms with van der Waals surface area (Å²) in [4.78, 5) is 26.8. The number of piperidine rings is 1. The van der Waals surface area contributed by atoms with E-state index in [1.165, 1.54) is 0 Å². The van der Waals surface area contributed by atoms with E-state index < -0.39 is 0 Å². The molecule has 4 rings (SSSR count). The van der Waals surface area contributed by atoms with Crippen molar-refractivity contribution in [3.05, 3.63) is 58.6 Å². The van der Waals surface area contributed by atoms with Gasteiger partial charge in [-0.05, 0) is 29.9 Å². The summed E-state index contributed by atoms with van der Waals surface area (Å²) < 4.78 is 5.63. The quantitative estimate of drug-likeness (QED) is 0.630. The van der Waals surface area contributed by atoms with Crippen molar-refractivity contribution in [1.82, 2.24) is 20.4 Å². The summed E-state index contributed by atoms with van der Waals surface area (Å²) in [7, 11) is 0. The van der Waals surface area contributed by atoms with Crippen LogP contribution < -0.4 is 5.32 Å². The van der Waals surface area contributed by atoms with Crippen molar-refractivity contribution in [3.63, 3.8) is 0 Å². The first-order chi connectivity index (χ1) is 14.7. The molecule has 0 radical (unpaired) electrons.